The minimum Gasteiger partial charge on any atom is -0.297 e. The van der Waals surface area contributed by atoms with Gasteiger partial charge in [0.05, 0.1) is 6.07 Å². The van der Waals surface area contributed by atoms with Crippen LogP contribution in [-0.4, -0.2) is 16.8 Å². The lowest BCUT2D eigenvalue weighted by atomic mass is 9.82. The molecule has 0 aromatic heterocycles. The highest BCUT2D eigenvalue weighted by Crippen LogP contribution is 2.40. The van der Waals surface area contributed by atoms with Gasteiger partial charge in [0, 0.05) is 16.2 Å². The van der Waals surface area contributed by atoms with Crippen molar-refractivity contribution in [2.45, 2.75) is 74.1 Å². The molecule has 2 nitrogen and oxygen atoms in total. The second kappa shape index (κ2) is 6.02. The maximum atomic E-state index is 9.67. The van der Waals surface area contributed by atoms with Crippen LogP contribution >= 0.6 is 11.8 Å². The number of thioether (sulfide) groups is 1. The van der Waals surface area contributed by atoms with Crippen LogP contribution in [-0.2, 0) is 0 Å². The molecule has 0 amide bonds. The summed E-state index contributed by atoms with van der Waals surface area (Å²) < 4.78 is 0. The molecular formula is C18H24N2S. The number of hydrogen-bond donors (Lipinski definition) is 1. The molecule has 0 bridgehead atoms. The number of hydrogen-bond acceptors (Lipinski definition) is 3. The lowest BCUT2D eigenvalue weighted by Crippen LogP contribution is -2.49. The number of nitrogens with one attached hydrogen (secondary N) is 1. The maximum Gasteiger partial charge on any atom is 0.108 e. The molecule has 1 aromatic rings. The van der Waals surface area contributed by atoms with E-state index in [4.69, 9.17) is 0 Å². The van der Waals surface area contributed by atoms with E-state index >= 15 is 0 Å². The third-order valence-electron chi connectivity index (χ3n) is 4.60. The minimum atomic E-state index is -0.268. The Balaban J connectivity index is 1.69. The van der Waals surface area contributed by atoms with Crippen LogP contribution in [0.5, 0.6) is 0 Å². The summed E-state index contributed by atoms with van der Waals surface area (Å²) in [6.45, 7) is 4.33. The molecular weight excluding hydrogens is 276 g/mol. The molecule has 1 aromatic carbocycles. The Hall–Kier alpha value is -0.980. The monoisotopic (exact) mass is 300 g/mol. The Morgan fingerprint density at radius 3 is 2.76 bits per heavy atom. The highest BCUT2D eigenvalue weighted by molar-refractivity contribution is 8.00. The third kappa shape index (κ3) is 3.62. The molecule has 2 aliphatic carbocycles. The molecule has 21 heavy (non-hydrogen) atoms. The van der Waals surface area contributed by atoms with Crippen molar-refractivity contribution in [3.8, 4) is 6.07 Å². The first-order valence-corrected chi connectivity index (χ1v) is 8.91. The Morgan fingerprint density at radius 1 is 1.29 bits per heavy atom. The zero-order valence-electron chi connectivity index (χ0n) is 13.0. The Morgan fingerprint density at radius 2 is 2.10 bits per heavy atom. The molecule has 2 saturated carbocycles. The van der Waals surface area contributed by atoms with Gasteiger partial charge in [-0.05, 0) is 64.0 Å². The first kappa shape index (κ1) is 14.9. The lowest BCUT2D eigenvalue weighted by molar-refractivity contribution is 0.301. The predicted molar refractivity (Wildman–Crippen MR) is 88.5 cm³/mol. The zero-order valence-corrected chi connectivity index (χ0v) is 13.8. The van der Waals surface area contributed by atoms with Crippen LogP contribution in [0, 0.1) is 25.2 Å². The molecule has 112 valence electrons. The summed E-state index contributed by atoms with van der Waals surface area (Å²) in [5.41, 5.74) is 2.42. The van der Waals surface area contributed by atoms with E-state index in [0.717, 1.165) is 19.3 Å². The van der Waals surface area contributed by atoms with Crippen LogP contribution in [0.1, 0.15) is 49.7 Å². The second-order valence-electron chi connectivity index (χ2n) is 6.72. The van der Waals surface area contributed by atoms with Gasteiger partial charge in [0.1, 0.15) is 5.54 Å². The number of nitriles is 1. The number of benzene rings is 1. The molecule has 2 atom stereocenters. The Bertz CT molecular complexity index is 559. The zero-order chi connectivity index (χ0) is 14.9. The van der Waals surface area contributed by atoms with Gasteiger partial charge in [0.2, 0.25) is 0 Å². The Kier molecular flexibility index (Phi) is 4.28. The molecule has 0 heterocycles. The van der Waals surface area contributed by atoms with Gasteiger partial charge in [0.25, 0.3) is 0 Å². The molecule has 3 rings (SSSR count). The van der Waals surface area contributed by atoms with Gasteiger partial charge >= 0.3 is 0 Å². The van der Waals surface area contributed by atoms with E-state index in [1.807, 2.05) is 11.8 Å². The second-order valence-corrected chi connectivity index (χ2v) is 8.06. The van der Waals surface area contributed by atoms with Gasteiger partial charge < -0.3 is 0 Å². The summed E-state index contributed by atoms with van der Waals surface area (Å²) in [4.78, 5) is 1.38. The average Bonchev–Trinajstić information content (AvgIpc) is 3.26. The highest BCUT2D eigenvalue weighted by atomic mass is 32.2. The SMILES string of the molecule is Cc1ccc(SC2CCCC(C#N)(NC3CC3)C2)c(C)c1. The van der Waals surface area contributed by atoms with Gasteiger partial charge in [-0.15, -0.1) is 11.8 Å². The molecule has 0 spiro atoms. The smallest absolute Gasteiger partial charge is 0.108 e. The fourth-order valence-corrected chi connectivity index (χ4v) is 4.72. The van der Waals surface area contributed by atoms with Gasteiger partial charge in [0.15, 0.2) is 0 Å². The summed E-state index contributed by atoms with van der Waals surface area (Å²) in [6, 6.07) is 9.90. The van der Waals surface area contributed by atoms with Gasteiger partial charge in [-0.1, -0.05) is 17.7 Å². The largest absolute Gasteiger partial charge is 0.297 e. The van der Waals surface area contributed by atoms with E-state index in [-0.39, 0.29) is 5.54 Å². The summed E-state index contributed by atoms with van der Waals surface area (Å²) in [5.74, 6) is 0. The van der Waals surface area contributed by atoms with Crippen molar-refractivity contribution in [3.63, 3.8) is 0 Å². The van der Waals surface area contributed by atoms with Crippen molar-refractivity contribution >= 4 is 11.8 Å². The lowest BCUT2D eigenvalue weighted by Gasteiger charge is -2.36. The highest BCUT2D eigenvalue weighted by Gasteiger charge is 2.40. The van der Waals surface area contributed by atoms with Crippen LogP contribution in [0.3, 0.4) is 0 Å². The van der Waals surface area contributed by atoms with Crippen LogP contribution in [0.4, 0.5) is 0 Å². The predicted octanol–water partition coefficient (Wildman–Crippen LogP) is 4.35. The molecule has 2 fully saturated rings. The summed E-state index contributed by atoms with van der Waals surface area (Å²) >= 11 is 1.97. The van der Waals surface area contributed by atoms with Crippen molar-refractivity contribution < 1.29 is 0 Å². The first-order chi connectivity index (χ1) is 10.1. The van der Waals surface area contributed by atoms with E-state index < -0.39 is 0 Å². The number of rotatable bonds is 4. The summed E-state index contributed by atoms with van der Waals surface area (Å²) in [5, 5.41) is 13.9. The van der Waals surface area contributed by atoms with E-state index in [1.165, 1.54) is 35.3 Å². The standard InChI is InChI=1S/C18H24N2S/c1-13-5-8-17(14(2)10-13)21-16-4-3-9-18(11-16,12-19)20-15-6-7-15/h5,8,10,15-16,20H,3-4,6-7,9,11H2,1-2H3. The molecule has 2 aliphatic rings. The van der Waals surface area contributed by atoms with Crippen LogP contribution in [0.2, 0.25) is 0 Å². The van der Waals surface area contributed by atoms with Crippen molar-refractivity contribution in [1.29, 1.82) is 5.26 Å². The first-order valence-electron chi connectivity index (χ1n) is 8.03. The Labute approximate surface area is 132 Å². The van der Waals surface area contributed by atoms with Crippen molar-refractivity contribution in [2.24, 2.45) is 0 Å². The topological polar surface area (TPSA) is 35.8 Å². The molecule has 2 unspecified atom stereocenters. The molecule has 3 heteroatoms. The van der Waals surface area contributed by atoms with Gasteiger partial charge in [-0.2, -0.15) is 5.26 Å². The van der Waals surface area contributed by atoms with E-state index in [2.05, 4.69) is 43.4 Å². The van der Waals surface area contributed by atoms with Crippen LogP contribution in [0.15, 0.2) is 23.1 Å². The summed E-state index contributed by atoms with van der Waals surface area (Å²) in [6.07, 6.45) is 6.89. The minimum absolute atomic E-state index is 0.268. The van der Waals surface area contributed by atoms with E-state index in [9.17, 15) is 5.26 Å². The van der Waals surface area contributed by atoms with Crippen LogP contribution in [0.25, 0.3) is 0 Å². The van der Waals surface area contributed by atoms with E-state index in [0.29, 0.717) is 11.3 Å². The van der Waals surface area contributed by atoms with Crippen LogP contribution < -0.4 is 5.32 Å². The molecule has 0 radical (unpaired) electrons. The average molecular weight is 300 g/mol. The number of nitrogens with zero attached hydrogens (tertiary/aromatic N) is 1. The normalized spacial score (nSPS) is 29.1. The van der Waals surface area contributed by atoms with E-state index in [1.54, 1.807) is 0 Å². The van der Waals surface area contributed by atoms with Crippen molar-refractivity contribution in [2.75, 3.05) is 0 Å². The molecule has 1 N–H and O–H groups in total. The quantitative estimate of drug-likeness (QED) is 0.898. The fourth-order valence-electron chi connectivity index (χ4n) is 3.32. The molecule has 0 saturated heterocycles. The molecule has 0 aliphatic heterocycles. The van der Waals surface area contributed by atoms with Gasteiger partial charge in [-0.25, -0.2) is 0 Å². The van der Waals surface area contributed by atoms with Crippen molar-refractivity contribution in [3.05, 3.63) is 29.3 Å². The van der Waals surface area contributed by atoms with Crippen molar-refractivity contribution in [1.82, 2.24) is 5.32 Å². The fraction of sp³-hybridized carbons (Fsp3) is 0.611. The third-order valence-corrected chi connectivity index (χ3v) is 6.05. The number of aryl methyl sites for hydroxylation is 2. The van der Waals surface area contributed by atoms with Gasteiger partial charge in [-0.3, -0.25) is 5.32 Å². The maximum absolute atomic E-state index is 9.67. The summed E-state index contributed by atoms with van der Waals surface area (Å²) in [7, 11) is 0.